The summed E-state index contributed by atoms with van der Waals surface area (Å²) in [6.45, 7) is 11.2. The summed E-state index contributed by atoms with van der Waals surface area (Å²) in [6.07, 6.45) is 0. The van der Waals surface area contributed by atoms with Crippen LogP contribution in [0.2, 0.25) is 0 Å². The Balaban J connectivity index is 1.28. The summed E-state index contributed by atoms with van der Waals surface area (Å²) < 4.78 is 5.61. The van der Waals surface area contributed by atoms with Crippen LogP contribution in [0.4, 0.5) is 34.9 Å². The summed E-state index contributed by atoms with van der Waals surface area (Å²) in [6, 6.07) is 10.5. The van der Waals surface area contributed by atoms with Gasteiger partial charge >= 0.3 is 0 Å². The van der Waals surface area contributed by atoms with Gasteiger partial charge in [-0.3, -0.25) is 20.3 Å². The van der Waals surface area contributed by atoms with Gasteiger partial charge in [-0.15, -0.1) is 5.11 Å². The van der Waals surface area contributed by atoms with E-state index in [0.717, 1.165) is 65.4 Å². The molecule has 0 spiro atoms. The Morgan fingerprint density at radius 1 is 0.745 bits per heavy atom. The molecule has 7 N–H and O–H groups in total. The molecule has 2 saturated heterocycles. The summed E-state index contributed by atoms with van der Waals surface area (Å²) in [7, 11) is 1.55. The smallest absolute Gasteiger partial charge is 0.233 e. The van der Waals surface area contributed by atoms with Crippen LogP contribution in [-0.2, 0) is 23.0 Å². The number of anilines is 4. The van der Waals surface area contributed by atoms with Crippen molar-refractivity contribution in [3.63, 3.8) is 0 Å². The second-order valence-corrected chi connectivity index (χ2v) is 11.1. The molecule has 254 valence electrons. The number of rotatable bonds is 17. The fourth-order valence-corrected chi connectivity index (χ4v) is 5.31. The maximum atomic E-state index is 8.86. The van der Waals surface area contributed by atoms with Gasteiger partial charge in [-0.05, 0) is 35.4 Å². The Morgan fingerprint density at radius 2 is 1.30 bits per heavy atom. The SMILES string of the molecule is COc1cc(Nc2nc(NCCN3CCNCC3)nc(NCCN3CCNCC3)n2)ccc1N=Nc1cc(COO)cc(COO)c1. The van der Waals surface area contributed by atoms with Crippen molar-refractivity contribution in [2.45, 2.75) is 13.2 Å². The number of hydrogen-bond acceptors (Lipinski definition) is 17. The van der Waals surface area contributed by atoms with Gasteiger partial charge in [-0.2, -0.15) is 20.1 Å². The highest BCUT2D eigenvalue weighted by Gasteiger charge is 2.13. The molecule has 0 saturated carbocycles. The van der Waals surface area contributed by atoms with Crippen LogP contribution in [0.25, 0.3) is 0 Å². The van der Waals surface area contributed by atoms with E-state index < -0.39 is 0 Å². The molecule has 0 amide bonds. The molecule has 3 heterocycles. The number of benzene rings is 2. The predicted molar refractivity (Wildman–Crippen MR) is 177 cm³/mol. The summed E-state index contributed by atoms with van der Waals surface area (Å²) in [5.41, 5.74) is 2.93. The van der Waals surface area contributed by atoms with Crippen LogP contribution in [-0.4, -0.2) is 121 Å². The second kappa shape index (κ2) is 18.3. The van der Waals surface area contributed by atoms with Crippen LogP contribution in [0, 0.1) is 0 Å². The van der Waals surface area contributed by atoms with Gasteiger partial charge in [0.2, 0.25) is 17.8 Å². The normalized spacial score (nSPS) is 16.0. The topological polar surface area (TPSA) is 198 Å². The van der Waals surface area contributed by atoms with Gasteiger partial charge in [0.05, 0.1) is 12.8 Å². The first-order valence-electron chi connectivity index (χ1n) is 15.7. The van der Waals surface area contributed by atoms with Gasteiger partial charge in [0.25, 0.3) is 0 Å². The second-order valence-electron chi connectivity index (χ2n) is 11.1. The van der Waals surface area contributed by atoms with Crippen molar-refractivity contribution in [1.82, 2.24) is 35.4 Å². The summed E-state index contributed by atoms with van der Waals surface area (Å²) >= 11 is 0. The minimum Gasteiger partial charge on any atom is -0.494 e. The van der Waals surface area contributed by atoms with Crippen molar-refractivity contribution in [1.29, 1.82) is 0 Å². The monoisotopic (exact) mass is 652 g/mol. The van der Waals surface area contributed by atoms with E-state index in [9.17, 15) is 0 Å². The van der Waals surface area contributed by atoms with Crippen LogP contribution >= 0.6 is 0 Å². The highest BCUT2D eigenvalue weighted by molar-refractivity contribution is 5.64. The molecule has 2 aliphatic rings. The van der Waals surface area contributed by atoms with E-state index in [1.54, 1.807) is 37.4 Å². The minimum atomic E-state index is -0.0522. The van der Waals surface area contributed by atoms with Crippen LogP contribution in [0.15, 0.2) is 46.6 Å². The van der Waals surface area contributed by atoms with Crippen LogP contribution in [0.5, 0.6) is 5.75 Å². The van der Waals surface area contributed by atoms with E-state index in [-0.39, 0.29) is 13.2 Å². The lowest BCUT2D eigenvalue weighted by Gasteiger charge is -2.27. The van der Waals surface area contributed by atoms with Gasteiger partial charge < -0.3 is 31.3 Å². The average Bonchev–Trinajstić information content (AvgIpc) is 3.09. The Hall–Kier alpha value is -4.07. The molecular formula is C30H44N12O5. The molecule has 0 radical (unpaired) electrons. The zero-order chi connectivity index (χ0) is 32.7. The lowest BCUT2D eigenvalue weighted by Crippen LogP contribution is -2.45. The molecule has 3 aromatic rings. The Labute approximate surface area is 273 Å². The third-order valence-electron chi connectivity index (χ3n) is 7.69. The van der Waals surface area contributed by atoms with Crippen LogP contribution in [0.3, 0.4) is 0 Å². The predicted octanol–water partition coefficient (Wildman–Crippen LogP) is 2.65. The Morgan fingerprint density at radius 3 is 1.83 bits per heavy atom. The number of nitrogens with zero attached hydrogens (tertiary/aromatic N) is 7. The fraction of sp³-hybridized carbons (Fsp3) is 0.500. The van der Waals surface area contributed by atoms with E-state index in [0.29, 0.717) is 64.9 Å². The maximum absolute atomic E-state index is 8.86. The molecule has 2 fully saturated rings. The molecule has 17 heteroatoms. The first kappa shape index (κ1) is 34.3. The van der Waals surface area contributed by atoms with E-state index in [1.807, 2.05) is 6.07 Å². The average molecular weight is 653 g/mol. The molecule has 0 bridgehead atoms. The number of hydrogen-bond donors (Lipinski definition) is 7. The lowest BCUT2D eigenvalue weighted by molar-refractivity contribution is -0.254. The number of ether oxygens (including phenoxy) is 1. The number of piperazine rings is 2. The maximum Gasteiger partial charge on any atom is 0.233 e. The summed E-state index contributed by atoms with van der Waals surface area (Å²) in [5.74, 6) is 1.83. The van der Waals surface area contributed by atoms with Gasteiger partial charge in [0.1, 0.15) is 24.7 Å². The zero-order valence-corrected chi connectivity index (χ0v) is 26.6. The van der Waals surface area contributed by atoms with Crippen molar-refractivity contribution in [2.24, 2.45) is 10.2 Å². The van der Waals surface area contributed by atoms with E-state index in [4.69, 9.17) is 15.3 Å². The number of nitrogens with one attached hydrogen (secondary N) is 5. The molecule has 17 nitrogen and oxygen atoms in total. The quantitative estimate of drug-likeness (QED) is 0.0638. The Bertz CT molecular complexity index is 1370. The van der Waals surface area contributed by atoms with Gasteiger partial charge in [-0.1, -0.05) is 6.07 Å². The summed E-state index contributed by atoms with van der Waals surface area (Å²) in [5, 5.41) is 43.2. The van der Waals surface area contributed by atoms with Crippen molar-refractivity contribution in [3.8, 4) is 5.75 Å². The van der Waals surface area contributed by atoms with E-state index in [2.05, 4.69) is 71.3 Å². The Kier molecular flexibility index (Phi) is 13.4. The number of methoxy groups -OCH3 is 1. The third kappa shape index (κ3) is 11.0. The minimum absolute atomic E-state index is 0.0522. The third-order valence-corrected chi connectivity index (χ3v) is 7.69. The highest BCUT2D eigenvalue weighted by Crippen LogP contribution is 2.33. The molecule has 1 aromatic heterocycles. The molecule has 2 aromatic carbocycles. The van der Waals surface area contributed by atoms with Gasteiger partial charge in [0, 0.05) is 90.3 Å². The fourth-order valence-electron chi connectivity index (χ4n) is 5.31. The first-order valence-corrected chi connectivity index (χ1v) is 15.7. The first-order chi connectivity index (χ1) is 23.1. The lowest BCUT2D eigenvalue weighted by atomic mass is 10.1. The molecule has 0 unspecified atom stereocenters. The van der Waals surface area contributed by atoms with Crippen LogP contribution in [0.1, 0.15) is 11.1 Å². The molecule has 5 rings (SSSR count). The van der Waals surface area contributed by atoms with Crippen LogP contribution < -0.4 is 31.3 Å². The number of aromatic nitrogens is 3. The molecule has 2 aliphatic heterocycles. The van der Waals surface area contributed by atoms with Gasteiger partial charge in [0.15, 0.2) is 0 Å². The molecular weight excluding hydrogens is 608 g/mol. The van der Waals surface area contributed by atoms with E-state index >= 15 is 0 Å². The van der Waals surface area contributed by atoms with Crippen molar-refractivity contribution in [3.05, 3.63) is 47.5 Å². The van der Waals surface area contributed by atoms with E-state index in [1.165, 1.54) is 0 Å². The number of azo groups is 1. The molecule has 0 aliphatic carbocycles. The van der Waals surface area contributed by atoms with Gasteiger partial charge in [-0.25, -0.2) is 9.78 Å². The zero-order valence-electron chi connectivity index (χ0n) is 26.6. The molecule has 0 atom stereocenters. The summed E-state index contributed by atoms with van der Waals surface area (Å²) in [4.78, 5) is 27.2. The largest absolute Gasteiger partial charge is 0.494 e. The standard InChI is InChI=1S/C30H44N12O5/c1-45-27-19-24(2-3-26(27)40-39-25-17-22(20-46-43)16-23(18-25)21-47-44)35-30-37-28(33-8-14-41-10-4-31-5-11-41)36-29(38-30)34-9-15-42-12-6-32-7-13-42/h2-3,16-19,31-32,43-44H,4-15,20-21H2,1H3,(H3,33,34,35,36,37,38). The van der Waals surface area contributed by atoms with Crippen molar-refractivity contribution < 1.29 is 25.0 Å². The highest BCUT2D eigenvalue weighted by atomic mass is 17.1. The van der Waals surface area contributed by atoms with Crippen molar-refractivity contribution >= 4 is 34.9 Å². The molecule has 47 heavy (non-hydrogen) atoms. The van der Waals surface area contributed by atoms with Crippen molar-refractivity contribution in [2.75, 3.05) is 102 Å².